The molecule has 0 aliphatic heterocycles. The molecule has 0 aromatic carbocycles. The number of aliphatic carboxylic acids is 1. The van der Waals surface area contributed by atoms with Crippen LogP contribution < -0.4 is 5.11 Å². The molecule has 2 atom stereocenters. The van der Waals surface area contributed by atoms with Gasteiger partial charge < -0.3 is 28.6 Å². The van der Waals surface area contributed by atoms with E-state index in [1.54, 1.807) is 27.2 Å². The molecule has 8 heteroatoms. The van der Waals surface area contributed by atoms with Crippen molar-refractivity contribution in [2.24, 2.45) is 0 Å². The van der Waals surface area contributed by atoms with E-state index in [0.717, 1.165) is 51.4 Å². The van der Waals surface area contributed by atoms with Gasteiger partial charge in [0.15, 0.2) is 6.10 Å². The van der Waals surface area contributed by atoms with Gasteiger partial charge in [0.2, 0.25) is 0 Å². The van der Waals surface area contributed by atoms with Crippen molar-refractivity contribution < 1.29 is 38.2 Å². The Morgan fingerprint density at radius 2 is 0.983 bits per heavy atom. The number of quaternary nitrogens is 1. The Bertz CT molecular complexity index is 1250. The van der Waals surface area contributed by atoms with Gasteiger partial charge in [-0.3, -0.25) is 9.59 Å². The average Bonchev–Trinajstić information content (AvgIpc) is 3.21. The van der Waals surface area contributed by atoms with Crippen molar-refractivity contribution in [1.29, 1.82) is 0 Å². The zero-order valence-electron chi connectivity index (χ0n) is 38.8. The van der Waals surface area contributed by atoms with E-state index in [0.29, 0.717) is 12.8 Å². The Hall–Kier alpha value is -3.49. The highest BCUT2D eigenvalue weighted by atomic mass is 16.6. The third-order valence-corrected chi connectivity index (χ3v) is 10.0. The molecular weight excluding hydrogens is 751 g/mol. The van der Waals surface area contributed by atoms with Gasteiger partial charge in [-0.1, -0.05) is 170 Å². The quantitative estimate of drug-likeness (QED) is 0.0261. The summed E-state index contributed by atoms with van der Waals surface area (Å²) in [4.78, 5) is 36.9. The summed E-state index contributed by atoms with van der Waals surface area (Å²) in [6.45, 7) is 4.42. The van der Waals surface area contributed by atoms with Crippen LogP contribution in [0.25, 0.3) is 0 Å². The molecule has 0 aromatic heterocycles. The lowest BCUT2D eigenvalue weighted by atomic mass is 10.1. The second kappa shape index (κ2) is 42.2. The molecule has 0 amide bonds. The predicted octanol–water partition coefficient (Wildman–Crippen LogP) is 12.0. The Kier molecular flexibility index (Phi) is 39.8. The van der Waals surface area contributed by atoms with E-state index >= 15 is 0 Å². The van der Waals surface area contributed by atoms with Crippen LogP contribution in [0, 0.1) is 0 Å². The molecule has 0 spiro atoms. The van der Waals surface area contributed by atoms with E-state index < -0.39 is 24.1 Å². The minimum Gasteiger partial charge on any atom is -0.544 e. The van der Waals surface area contributed by atoms with Gasteiger partial charge in [-0.25, -0.2) is 0 Å². The molecule has 2 unspecified atom stereocenters. The zero-order chi connectivity index (χ0) is 44.2. The van der Waals surface area contributed by atoms with Gasteiger partial charge in [-0.2, -0.15) is 0 Å². The molecule has 60 heavy (non-hydrogen) atoms. The van der Waals surface area contributed by atoms with Crippen LogP contribution in [-0.2, 0) is 28.6 Å². The maximum atomic E-state index is 12.7. The fourth-order valence-corrected chi connectivity index (χ4v) is 6.41. The molecule has 0 bridgehead atoms. The second-order valence-electron chi connectivity index (χ2n) is 16.6. The fourth-order valence-electron chi connectivity index (χ4n) is 6.41. The normalized spacial score (nSPS) is 13.7. The molecule has 0 fully saturated rings. The number of nitrogens with zero attached hydrogens (tertiary/aromatic N) is 1. The summed E-state index contributed by atoms with van der Waals surface area (Å²) in [5, 5.41) is 11.6. The Labute approximate surface area is 367 Å². The number of allylic oxidation sites excluding steroid dienone is 13. The fraction of sp³-hybridized carbons (Fsp3) is 0.673. The highest BCUT2D eigenvalue weighted by Crippen LogP contribution is 2.13. The minimum absolute atomic E-state index is 0.00471. The lowest BCUT2D eigenvalue weighted by Crippen LogP contribution is -2.55. The summed E-state index contributed by atoms with van der Waals surface area (Å²) in [5.74, 6) is -1.91. The molecule has 8 nitrogen and oxygen atoms in total. The number of hydrogen-bond acceptors (Lipinski definition) is 7. The smallest absolute Gasteiger partial charge is 0.310 e. The highest BCUT2D eigenvalue weighted by Gasteiger charge is 2.25. The molecule has 0 aromatic rings. The largest absolute Gasteiger partial charge is 0.544 e. The topological polar surface area (TPSA) is 102 Å². The zero-order valence-corrected chi connectivity index (χ0v) is 38.8. The number of hydrogen-bond donors (Lipinski definition) is 0. The molecule has 0 rings (SSSR count). The van der Waals surface area contributed by atoms with Crippen LogP contribution in [0.15, 0.2) is 85.1 Å². The van der Waals surface area contributed by atoms with Crippen LogP contribution in [0.1, 0.15) is 174 Å². The van der Waals surface area contributed by atoms with E-state index in [9.17, 15) is 19.5 Å². The Morgan fingerprint density at radius 3 is 1.47 bits per heavy atom. The van der Waals surface area contributed by atoms with E-state index in [1.807, 2.05) is 6.08 Å². The van der Waals surface area contributed by atoms with E-state index in [2.05, 4.69) is 86.8 Å². The van der Waals surface area contributed by atoms with E-state index in [1.165, 1.54) is 83.5 Å². The first-order valence-electron chi connectivity index (χ1n) is 23.6. The number of ether oxygens (including phenoxy) is 3. The van der Waals surface area contributed by atoms with Gasteiger partial charge in [0.25, 0.3) is 0 Å². The Morgan fingerprint density at radius 1 is 0.533 bits per heavy atom. The van der Waals surface area contributed by atoms with Crippen LogP contribution in [0.2, 0.25) is 0 Å². The first-order chi connectivity index (χ1) is 29.1. The highest BCUT2D eigenvalue weighted by molar-refractivity contribution is 5.71. The number of esters is 2. The number of carbonyl (C=O) groups is 3. The van der Waals surface area contributed by atoms with Crippen LogP contribution in [0.4, 0.5) is 0 Å². The van der Waals surface area contributed by atoms with Crippen LogP contribution >= 0.6 is 0 Å². The number of likely N-dealkylation sites (N-methyl/N-ethyl adjacent to an activating group) is 1. The molecule has 0 aliphatic rings. The lowest BCUT2D eigenvalue weighted by Gasteiger charge is -2.34. The molecule has 0 aliphatic carbocycles. The first kappa shape index (κ1) is 56.5. The number of carboxylic acids is 1. The molecule has 0 heterocycles. The summed E-state index contributed by atoms with van der Waals surface area (Å²) in [5.41, 5.74) is 0. The summed E-state index contributed by atoms with van der Waals surface area (Å²) >= 11 is 0. The van der Waals surface area contributed by atoms with Crippen LogP contribution in [-0.4, -0.2) is 75.5 Å². The van der Waals surface area contributed by atoms with Crippen molar-refractivity contribution in [3.63, 3.8) is 0 Å². The van der Waals surface area contributed by atoms with Crippen molar-refractivity contribution >= 4 is 17.9 Å². The number of carboxylic acid groups (broad SMARTS) is 1. The summed E-state index contributed by atoms with van der Waals surface area (Å²) in [7, 11) is 5.37. The van der Waals surface area contributed by atoms with Crippen molar-refractivity contribution in [1.82, 2.24) is 0 Å². The second-order valence-corrected chi connectivity index (χ2v) is 16.6. The number of unbranched alkanes of at least 4 members (excludes halogenated alkanes) is 14. The number of carbonyl (C=O) groups excluding carboxylic acids is 3. The molecular formula is C52H87NO7. The van der Waals surface area contributed by atoms with Crippen molar-refractivity contribution in [2.75, 3.05) is 41.0 Å². The first-order valence-corrected chi connectivity index (χ1v) is 23.6. The summed E-state index contributed by atoms with van der Waals surface area (Å²) < 4.78 is 17.1. The van der Waals surface area contributed by atoms with Crippen molar-refractivity contribution in [3.8, 4) is 0 Å². The average molecular weight is 838 g/mol. The lowest BCUT2D eigenvalue weighted by molar-refractivity contribution is -0.889. The van der Waals surface area contributed by atoms with Gasteiger partial charge in [-0.15, -0.1) is 0 Å². The third-order valence-electron chi connectivity index (χ3n) is 10.0. The SMILES string of the molecule is CC/C=C\C/C=C\C/C=C\C/C=C\C/C=C\CC(=O)OC(COCCC(C(=O)[O-])[N+](C)(C)C)COC(=O)CCCCCCCCCCC/C=C\C/C=C\CCCCCCC. The van der Waals surface area contributed by atoms with Crippen LogP contribution in [0.3, 0.4) is 0 Å². The van der Waals surface area contributed by atoms with Gasteiger partial charge in [0.05, 0.1) is 46.7 Å². The van der Waals surface area contributed by atoms with Crippen molar-refractivity contribution in [3.05, 3.63) is 85.1 Å². The van der Waals surface area contributed by atoms with Gasteiger partial charge in [0.1, 0.15) is 12.6 Å². The maximum absolute atomic E-state index is 12.7. The number of rotatable bonds is 41. The van der Waals surface area contributed by atoms with E-state index in [4.69, 9.17) is 14.2 Å². The van der Waals surface area contributed by atoms with E-state index in [-0.39, 0.29) is 43.1 Å². The summed E-state index contributed by atoms with van der Waals surface area (Å²) in [6, 6.07) is -0.746. The minimum atomic E-state index is -1.14. The molecule has 0 saturated carbocycles. The van der Waals surface area contributed by atoms with Crippen molar-refractivity contribution in [2.45, 2.75) is 187 Å². The van der Waals surface area contributed by atoms with Gasteiger partial charge >= 0.3 is 11.9 Å². The Balaban J connectivity index is 4.39. The molecule has 0 saturated heterocycles. The summed E-state index contributed by atoms with van der Waals surface area (Å²) in [6.07, 6.45) is 55.0. The predicted molar refractivity (Wildman–Crippen MR) is 249 cm³/mol. The third kappa shape index (κ3) is 39.9. The molecule has 0 radical (unpaired) electrons. The molecule has 0 N–H and O–H groups in total. The van der Waals surface area contributed by atoms with Gasteiger partial charge in [-0.05, 0) is 70.6 Å². The van der Waals surface area contributed by atoms with Gasteiger partial charge in [0, 0.05) is 12.8 Å². The monoisotopic (exact) mass is 838 g/mol. The maximum Gasteiger partial charge on any atom is 0.310 e. The standard InChI is InChI=1S/C52H87NO7/c1-6-8-10-12-14-16-18-20-22-23-24-25-26-27-29-30-32-34-36-38-40-42-50(54)59-47-48(46-58-45-44-49(52(56)57)53(3,4)5)60-51(55)43-41-39-37-35-33-31-28-21-19-17-15-13-11-9-7-2/h9,11,15,17-18,20-21,23-24,28,33,35,39,41,48-49H,6-8,10,12-14,16,19,22,25-27,29-32,34,36-38,40,42-47H2,1-5H3/b11-9-,17-15-,20-18-,24-23-,28-21-,35-33-,41-39-. The van der Waals surface area contributed by atoms with Crippen LogP contribution in [0.5, 0.6) is 0 Å². The molecule has 342 valence electrons.